The summed E-state index contributed by atoms with van der Waals surface area (Å²) in [7, 11) is 1.86. The molecule has 0 radical (unpaired) electrons. The van der Waals surface area contributed by atoms with Crippen LogP contribution in [0.1, 0.15) is 0 Å². The Kier molecular flexibility index (Phi) is 2.79. The second-order valence-electron chi connectivity index (χ2n) is 2.93. The van der Waals surface area contributed by atoms with Gasteiger partial charge in [-0.2, -0.15) is 0 Å². The molecular formula is C9H8FN3S2. The molecule has 1 aromatic heterocycles. The average molecular weight is 241 g/mol. The highest BCUT2D eigenvalue weighted by molar-refractivity contribution is 7.73. The van der Waals surface area contributed by atoms with E-state index in [-0.39, 0.29) is 5.82 Å². The van der Waals surface area contributed by atoms with Gasteiger partial charge in [0.1, 0.15) is 5.82 Å². The molecule has 6 heteroatoms. The van der Waals surface area contributed by atoms with Crippen LogP contribution in [0.15, 0.2) is 24.3 Å². The van der Waals surface area contributed by atoms with E-state index < -0.39 is 0 Å². The van der Waals surface area contributed by atoms with Crippen molar-refractivity contribution in [2.24, 2.45) is 0 Å². The van der Waals surface area contributed by atoms with Crippen LogP contribution < -0.4 is 4.90 Å². The maximum atomic E-state index is 12.7. The van der Waals surface area contributed by atoms with Crippen LogP contribution in [-0.4, -0.2) is 17.2 Å². The van der Waals surface area contributed by atoms with Gasteiger partial charge in [-0.15, -0.1) is 5.10 Å². The number of hydrogen-bond donors (Lipinski definition) is 1. The molecule has 0 spiro atoms. The molecule has 0 saturated heterocycles. The normalized spacial score (nSPS) is 10.3. The van der Waals surface area contributed by atoms with Gasteiger partial charge in [0, 0.05) is 12.7 Å². The molecule has 2 aromatic rings. The highest BCUT2D eigenvalue weighted by atomic mass is 32.1. The molecule has 0 aliphatic carbocycles. The van der Waals surface area contributed by atoms with Crippen molar-refractivity contribution in [3.05, 3.63) is 34.0 Å². The predicted molar refractivity (Wildman–Crippen MR) is 61.8 cm³/mol. The van der Waals surface area contributed by atoms with Gasteiger partial charge in [0.2, 0.25) is 5.13 Å². The first-order chi connectivity index (χ1) is 7.16. The lowest BCUT2D eigenvalue weighted by Gasteiger charge is -2.14. The van der Waals surface area contributed by atoms with Crippen molar-refractivity contribution in [2.45, 2.75) is 0 Å². The molecule has 2 rings (SSSR count). The number of halogens is 1. The van der Waals surface area contributed by atoms with Crippen LogP contribution in [0.5, 0.6) is 0 Å². The smallest absolute Gasteiger partial charge is 0.211 e. The van der Waals surface area contributed by atoms with Crippen LogP contribution in [0.4, 0.5) is 15.2 Å². The lowest BCUT2D eigenvalue weighted by molar-refractivity contribution is 0.628. The molecule has 0 aliphatic heterocycles. The van der Waals surface area contributed by atoms with E-state index in [1.54, 1.807) is 12.1 Å². The largest absolute Gasteiger partial charge is 0.320 e. The topological polar surface area (TPSA) is 31.9 Å². The lowest BCUT2D eigenvalue weighted by Crippen LogP contribution is -2.08. The van der Waals surface area contributed by atoms with Gasteiger partial charge in [0.05, 0.1) is 0 Å². The lowest BCUT2D eigenvalue weighted by atomic mass is 10.3. The zero-order chi connectivity index (χ0) is 10.8. The molecule has 1 heterocycles. The maximum absolute atomic E-state index is 12.7. The maximum Gasteiger partial charge on any atom is 0.211 e. The van der Waals surface area contributed by atoms with Crippen LogP contribution in [0.3, 0.4) is 0 Å². The number of nitrogens with zero attached hydrogens (tertiary/aromatic N) is 2. The van der Waals surface area contributed by atoms with Crippen molar-refractivity contribution in [1.29, 1.82) is 0 Å². The van der Waals surface area contributed by atoms with E-state index >= 15 is 0 Å². The fraction of sp³-hybridized carbons (Fsp3) is 0.111. The number of aromatic amines is 1. The minimum Gasteiger partial charge on any atom is -0.320 e. The summed E-state index contributed by atoms with van der Waals surface area (Å²) in [5.41, 5.74) is 0.870. The van der Waals surface area contributed by atoms with Crippen LogP contribution in [-0.2, 0) is 0 Å². The third kappa shape index (κ3) is 2.21. The first-order valence-corrected chi connectivity index (χ1v) is 5.44. The molecule has 0 aliphatic rings. The third-order valence-electron chi connectivity index (χ3n) is 1.93. The summed E-state index contributed by atoms with van der Waals surface area (Å²) >= 11 is 6.31. The van der Waals surface area contributed by atoms with Crippen molar-refractivity contribution in [3.8, 4) is 0 Å². The van der Waals surface area contributed by atoms with Gasteiger partial charge in [-0.25, -0.2) is 4.39 Å². The third-order valence-corrected chi connectivity index (χ3v) is 3.09. The summed E-state index contributed by atoms with van der Waals surface area (Å²) < 4.78 is 13.3. The van der Waals surface area contributed by atoms with Crippen LogP contribution in [0, 0.1) is 9.77 Å². The van der Waals surface area contributed by atoms with E-state index in [4.69, 9.17) is 12.2 Å². The fourth-order valence-corrected chi connectivity index (χ4v) is 2.00. The van der Waals surface area contributed by atoms with E-state index in [9.17, 15) is 4.39 Å². The van der Waals surface area contributed by atoms with Crippen molar-refractivity contribution in [3.63, 3.8) is 0 Å². The van der Waals surface area contributed by atoms with E-state index in [1.165, 1.54) is 23.5 Å². The van der Waals surface area contributed by atoms with E-state index in [0.717, 1.165) is 10.8 Å². The number of benzene rings is 1. The van der Waals surface area contributed by atoms with Crippen LogP contribution in [0.2, 0.25) is 0 Å². The van der Waals surface area contributed by atoms with Gasteiger partial charge in [0.15, 0.2) is 3.95 Å². The van der Waals surface area contributed by atoms with Gasteiger partial charge < -0.3 is 4.90 Å². The monoisotopic (exact) mass is 241 g/mol. The molecule has 15 heavy (non-hydrogen) atoms. The Morgan fingerprint density at radius 3 is 2.60 bits per heavy atom. The fourth-order valence-electron chi connectivity index (χ4n) is 1.14. The molecule has 3 nitrogen and oxygen atoms in total. The first kappa shape index (κ1) is 10.3. The van der Waals surface area contributed by atoms with Gasteiger partial charge in [-0.1, -0.05) is 11.3 Å². The Labute approximate surface area is 95.2 Å². The highest BCUT2D eigenvalue weighted by Crippen LogP contribution is 2.24. The van der Waals surface area contributed by atoms with E-state index in [0.29, 0.717) is 3.95 Å². The van der Waals surface area contributed by atoms with Crippen molar-refractivity contribution >= 4 is 34.4 Å². The molecule has 0 amide bonds. The molecular weight excluding hydrogens is 233 g/mol. The van der Waals surface area contributed by atoms with Crippen molar-refractivity contribution in [1.82, 2.24) is 10.2 Å². The summed E-state index contributed by atoms with van der Waals surface area (Å²) in [6.45, 7) is 0. The van der Waals surface area contributed by atoms with E-state index in [1.807, 2.05) is 11.9 Å². The Hall–Kier alpha value is -1.27. The number of aromatic nitrogens is 2. The number of anilines is 2. The molecule has 78 valence electrons. The summed E-state index contributed by atoms with van der Waals surface area (Å²) in [6.07, 6.45) is 0. The van der Waals surface area contributed by atoms with Gasteiger partial charge in [-0.3, -0.25) is 5.10 Å². The van der Waals surface area contributed by atoms with Crippen molar-refractivity contribution < 1.29 is 4.39 Å². The van der Waals surface area contributed by atoms with Gasteiger partial charge in [0.25, 0.3) is 0 Å². The zero-order valence-electron chi connectivity index (χ0n) is 7.90. The Morgan fingerprint density at radius 1 is 1.40 bits per heavy atom. The summed E-state index contributed by atoms with van der Waals surface area (Å²) in [6, 6.07) is 6.22. The molecule has 0 atom stereocenters. The minimum atomic E-state index is -0.248. The first-order valence-electron chi connectivity index (χ1n) is 4.21. The number of hydrogen-bond acceptors (Lipinski definition) is 4. The predicted octanol–water partition coefficient (Wildman–Crippen LogP) is 3.11. The van der Waals surface area contributed by atoms with Crippen LogP contribution in [0.25, 0.3) is 0 Å². The summed E-state index contributed by atoms with van der Waals surface area (Å²) in [5.74, 6) is -0.248. The number of nitrogens with one attached hydrogen (secondary N) is 1. The summed E-state index contributed by atoms with van der Waals surface area (Å²) in [5, 5.41) is 7.49. The number of H-pyrrole nitrogens is 1. The molecule has 0 unspecified atom stereocenters. The Bertz CT molecular complexity index is 503. The second-order valence-corrected chi connectivity index (χ2v) is 4.58. The van der Waals surface area contributed by atoms with E-state index in [2.05, 4.69) is 10.2 Å². The molecule has 0 fully saturated rings. The van der Waals surface area contributed by atoms with Crippen molar-refractivity contribution in [2.75, 3.05) is 11.9 Å². The van der Waals surface area contributed by atoms with Crippen LogP contribution >= 0.6 is 23.6 Å². The SMILES string of the molecule is CN(c1ccc(F)cc1)c1n[nH]c(=S)s1. The Balaban J connectivity index is 2.31. The highest BCUT2D eigenvalue weighted by Gasteiger charge is 2.06. The molecule has 1 aromatic carbocycles. The van der Waals surface area contributed by atoms with Gasteiger partial charge in [-0.05, 0) is 36.5 Å². The molecule has 0 saturated carbocycles. The second kappa shape index (κ2) is 4.08. The van der Waals surface area contributed by atoms with Gasteiger partial charge >= 0.3 is 0 Å². The number of rotatable bonds is 2. The average Bonchev–Trinajstić information content (AvgIpc) is 2.65. The zero-order valence-corrected chi connectivity index (χ0v) is 9.53. The quantitative estimate of drug-likeness (QED) is 0.820. The Morgan fingerprint density at radius 2 is 2.07 bits per heavy atom. The standard InChI is InChI=1S/C9H8FN3S2/c1-13(8-11-12-9(14)15-8)7-4-2-6(10)3-5-7/h2-5H,1H3,(H,12,14). The minimum absolute atomic E-state index is 0.248. The summed E-state index contributed by atoms with van der Waals surface area (Å²) in [4.78, 5) is 1.84. The molecule has 0 bridgehead atoms. The molecule has 1 N–H and O–H groups in total.